The molecule has 0 N–H and O–H groups in total. The Morgan fingerprint density at radius 2 is 2.00 bits per heavy atom. The van der Waals surface area contributed by atoms with Crippen LogP contribution in [0.25, 0.3) is 0 Å². The van der Waals surface area contributed by atoms with Crippen molar-refractivity contribution in [2.45, 2.75) is 26.7 Å². The van der Waals surface area contributed by atoms with Crippen molar-refractivity contribution in [2.24, 2.45) is 5.41 Å². The third kappa shape index (κ3) is 3.52. The molecule has 0 aliphatic heterocycles. The summed E-state index contributed by atoms with van der Waals surface area (Å²) in [5.41, 5.74) is -0.0191. The maximum absolute atomic E-state index is 13.5. The Bertz CT molecular complexity index is 338. The predicted octanol–water partition coefficient (Wildman–Crippen LogP) is 4.59. The van der Waals surface area contributed by atoms with Gasteiger partial charge in [0.2, 0.25) is 0 Å². The minimum atomic E-state index is -0.419. The Morgan fingerprint density at radius 1 is 1.35 bits per heavy atom. The monoisotopic (exact) mass is 276 g/mol. The molecule has 0 aliphatic carbocycles. The second-order valence-electron chi connectivity index (χ2n) is 4.20. The van der Waals surface area contributed by atoms with Crippen molar-refractivity contribution in [3.63, 3.8) is 0 Å². The van der Waals surface area contributed by atoms with Crippen molar-refractivity contribution in [2.75, 3.05) is 12.4 Å². The van der Waals surface area contributed by atoms with Crippen LogP contribution < -0.4 is 4.74 Å². The van der Waals surface area contributed by atoms with Crippen LogP contribution in [0.2, 0.25) is 5.02 Å². The second-order valence-corrected chi connectivity index (χ2v) is 4.93. The topological polar surface area (TPSA) is 9.23 Å². The van der Waals surface area contributed by atoms with Crippen LogP contribution >= 0.6 is 24.2 Å². The zero-order valence-corrected chi connectivity index (χ0v) is 11.8. The van der Waals surface area contributed by atoms with Crippen LogP contribution in [0.1, 0.15) is 26.7 Å². The van der Waals surface area contributed by atoms with Crippen molar-refractivity contribution in [1.82, 2.24) is 0 Å². The van der Waals surface area contributed by atoms with Crippen molar-refractivity contribution in [3.8, 4) is 5.75 Å². The van der Waals surface area contributed by atoms with E-state index in [4.69, 9.17) is 16.3 Å². The molecule has 0 unspecified atom stereocenters. The van der Waals surface area contributed by atoms with Crippen LogP contribution in [0, 0.1) is 11.2 Å². The maximum Gasteiger partial charge on any atom is 0.173 e. The standard InChI is InChI=1S/C13H18ClFOS/c1-3-13(4-2,9-17)8-16-12-10(14)6-5-7-11(12)15/h5-7,17H,3-4,8-9H2,1-2H3. The third-order valence-electron chi connectivity index (χ3n) is 3.28. The van der Waals surface area contributed by atoms with Gasteiger partial charge in [0.15, 0.2) is 11.6 Å². The van der Waals surface area contributed by atoms with E-state index in [9.17, 15) is 4.39 Å². The minimum absolute atomic E-state index is 0.0191. The molecule has 4 heteroatoms. The SMILES string of the molecule is CCC(CC)(CS)COc1c(F)cccc1Cl. The average molecular weight is 277 g/mol. The summed E-state index contributed by atoms with van der Waals surface area (Å²) in [6, 6.07) is 4.54. The summed E-state index contributed by atoms with van der Waals surface area (Å²) in [6.07, 6.45) is 1.89. The zero-order chi connectivity index (χ0) is 12.9. The predicted molar refractivity (Wildman–Crippen MR) is 73.8 cm³/mol. The Hall–Kier alpha value is -0.410. The molecule has 0 saturated carbocycles. The van der Waals surface area contributed by atoms with Gasteiger partial charge < -0.3 is 4.74 Å². The number of hydrogen-bond donors (Lipinski definition) is 1. The highest BCUT2D eigenvalue weighted by Gasteiger charge is 2.26. The number of halogens is 2. The van der Waals surface area contributed by atoms with Crippen molar-refractivity contribution in [1.29, 1.82) is 0 Å². The molecule has 0 heterocycles. The van der Waals surface area contributed by atoms with Gasteiger partial charge in [-0.3, -0.25) is 0 Å². The van der Waals surface area contributed by atoms with Gasteiger partial charge in [-0.05, 0) is 30.7 Å². The molecule has 1 aromatic carbocycles. The first-order valence-electron chi connectivity index (χ1n) is 5.76. The van der Waals surface area contributed by atoms with Crippen LogP contribution in [0.5, 0.6) is 5.75 Å². The highest BCUT2D eigenvalue weighted by atomic mass is 35.5. The van der Waals surface area contributed by atoms with Gasteiger partial charge >= 0.3 is 0 Å². The largest absolute Gasteiger partial charge is 0.488 e. The molecule has 0 radical (unpaired) electrons. The lowest BCUT2D eigenvalue weighted by Gasteiger charge is -2.29. The van der Waals surface area contributed by atoms with Crippen molar-refractivity contribution < 1.29 is 9.13 Å². The maximum atomic E-state index is 13.5. The van der Waals surface area contributed by atoms with E-state index in [0.29, 0.717) is 17.4 Å². The second kappa shape index (κ2) is 6.50. The first-order valence-corrected chi connectivity index (χ1v) is 6.77. The molecular formula is C13H18ClFOS. The molecule has 0 spiro atoms. The van der Waals surface area contributed by atoms with Gasteiger partial charge in [-0.2, -0.15) is 12.6 Å². The molecule has 0 amide bonds. The molecular weight excluding hydrogens is 259 g/mol. The fourth-order valence-corrected chi connectivity index (χ4v) is 2.33. The summed E-state index contributed by atoms with van der Waals surface area (Å²) in [4.78, 5) is 0. The summed E-state index contributed by atoms with van der Waals surface area (Å²) in [5, 5.41) is 0.310. The van der Waals surface area contributed by atoms with E-state index in [1.807, 2.05) is 0 Å². The lowest BCUT2D eigenvalue weighted by atomic mass is 9.85. The molecule has 0 bridgehead atoms. The molecule has 0 atom stereocenters. The lowest BCUT2D eigenvalue weighted by Crippen LogP contribution is -2.29. The number of rotatable bonds is 6. The van der Waals surface area contributed by atoms with E-state index in [-0.39, 0.29) is 11.2 Å². The highest BCUT2D eigenvalue weighted by Crippen LogP contribution is 2.32. The third-order valence-corrected chi connectivity index (χ3v) is 4.25. The molecule has 0 fully saturated rings. The van der Waals surface area contributed by atoms with Crippen LogP contribution in [0.3, 0.4) is 0 Å². The van der Waals surface area contributed by atoms with Crippen LogP contribution in [0.4, 0.5) is 4.39 Å². The summed E-state index contributed by atoms with van der Waals surface area (Å²) >= 11 is 10.3. The molecule has 1 aromatic rings. The quantitative estimate of drug-likeness (QED) is 0.748. The van der Waals surface area contributed by atoms with Gasteiger partial charge in [-0.25, -0.2) is 4.39 Å². The first-order chi connectivity index (χ1) is 8.08. The molecule has 17 heavy (non-hydrogen) atoms. The molecule has 0 aliphatic rings. The molecule has 1 rings (SSSR count). The number of ether oxygens (including phenoxy) is 1. The normalized spacial score (nSPS) is 11.6. The molecule has 96 valence electrons. The van der Waals surface area contributed by atoms with E-state index < -0.39 is 5.82 Å². The average Bonchev–Trinajstić information content (AvgIpc) is 2.34. The zero-order valence-electron chi connectivity index (χ0n) is 10.2. The van der Waals surface area contributed by atoms with Crippen molar-refractivity contribution >= 4 is 24.2 Å². The molecule has 0 saturated heterocycles. The van der Waals surface area contributed by atoms with E-state index >= 15 is 0 Å². The van der Waals surface area contributed by atoms with Gasteiger partial charge in [-0.15, -0.1) is 0 Å². The van der Waals surface area contributed by atoms with Gasteiger partial charge in [0, 0.05) is 5.41 Å². The fraction of sp³-hybridized carbons (Fsp3) is 0.538. The van der Waals surface area contributed by atoms with E-state index in [0.717, 1.165) is 12.8 Å². The highest BCUT2D eigenvalue weighted by molar-refractivity contribution is 7.80. The van der Waals surface area contributed by atoms with Gasteiger partial charge in [0.05, 0.1) is 11.6 Å². The first kappa shape index (κ1) is 14.7. The Kier molecular flexibility index (Phi) is 5.60. The summed E-state index contributed by atoms with van der Waals surface area (Å²) in [6.45, 7) is 4.61. The van der Waals surface area contributed by atoms with Crippen LogP contribution in [-0.2, 0) is 0 Å². The van der Waals surface area contributed by atoms with E-state index in [2.05, 4.69) is 26.5 Å². The summed E-state index contributed by atoms with van der Waals surface area (Å²) < 4.78 is 19.1. The Balaban J connectivity index is 2.79. The summed E-state index contributed by atoms with van der Waals surface area (Å²) in [7, 11) is 0. The van der Waals surface area contributed by atoms with Crippen molar-refractivity contribution in [3.05, 3.63) is 29.0 Å². The molecule has 1 nitrogen and oxygen atoms in total. The van der Waals surface area contributed by atoms with E-state index in [1.165, 1.54) is 6.07 Å². The number of thiol groups is 1. The smallest absolute Gasteiger partial charge is 0.173 e. The Labute approximate surface area is 113 Å². The molecule has 0 aromatic heterocycles. The minimum Gasteiger partial charge on any atom is -0.488 e. The number of hydrogen-bond acceptors (Lipinski definition) is 2. The number of para-hydroxylation sites is 1. The van der Waals surface area contributed by atoms with Gasteiger partial charge in [-0.1, -0.05) is 31.5 Å². The van der Waals surface area contributed by atoms with Gasteiger partial charge in [0.1, 0.15) is 0 Å². The van der Waals surface area contributed by atoms with Gasteiger partial charge in [0.25, 0.3) is 0 Å². The van der Waals surface area contributed by atoms with E-state index in [1.54, 1.807) is 12.1 Å². The van der Waals surface area contributed by atoms with Crippen LogP contribution in [0.15, 0.2) is 18.2 Å². The van der Waals surface area contributed by atoms with Crippen LogP contribution in [-0.4, -0.2) is 12.4 Å². The Morgan fingerprint density at radius 3 is 2.47 bits per heavy atom. The fourth-order valence-electron chi connectivity index (χ4n) is 1.57. The lowest BCUT2D eigenvalue weighted by molar-refractivity contribution is 0.152. The number of benzene rings is 1. The summed E-state index contributed by atoms with van der Waals surface area (Å²) in [5.74, 6) is 0.437.